The standard InChI is InChI=1S/C23H27ClN2O2/c24-19-10-11-22-21(14-19)26(16-18-8-4-3-5-9-18)20(17-28-22)15-23(27)25-12-6-1-2-7-13-25/h3-5,8-11,14,20H,1-2,6-7,12-13,15-17H2. The summed E-state index contributed by atoms with van der Waals surface area (Å²) < 4.78 is 6.00. The lowest BCUT2D eigenvalue weighted by Gasteiger charge is -2.39. The molecule has 1 amide bonds. The Bertz CT molecular complexity index is 804. The topological polar surface area (TPSA) is 32.8 Å². The number of rotatable bonds is 4. The number of likely N-dealkylation sites (tertiary alicyclic amines) is 1. The van der Waals surface area contributed by atoms with Crippen LogP contribution >= 0.6 is 11.6 Å². The monoisotopic (exact) mass is 398 g/mol. The number of anilines is 1. The summed E-state index contributed by atoms with van der Waals surface area (Å²) in [5.74, 6) is 1.07. The van der Waals surface area contributed by atoms with Gasteiger partial charge < -0.3 is 14.5 Å². The number of hydrogen-bond acceptors (Lipinski definition) is 3. The third-order valence-electron chi connectivity index (χ3n) is 5.67. The highest BCUT2D eigenvalue weighted by atomic mass is 35.5. The Morgan fingerprint density at radius 1 is 1.04 bits per heavy atom. The van der Waals surface area contributed by atoms with Gasteiger partial charge in [-0.1, -0.05) is 54.8 Å². The summed E-state index contributed by atoms with van der Waals surface area (Å²) in [5, 5.41) is 0.680. The van der Waals surface area contributed by atoms with Crippen molar-refractivity contribution in [2.45, 2.75) is 44.7 Å². The first kappa shape index (κ1) is 19.1. The van der Waals surface area contributed by atoms with Gasteiger partial charge in [-0.15, -0.1) is 0 Å². The van der Waals surface area contributed by atoms with Crippen molar-refractivity contribution in [3.63, 3.8) is 0 Å². The number of ether oxygens (including phenoxy) is 1. The Morgan fingerprint density at radius 2 is 1.79 bits per heavy atom. The normalized spacial score (nSPS) is 19.5. The Morgan fingerprint density at radius 3 is 2.54 bits per heavy atom. The lowest BCUT2D eigenvalue weighted by atomic mass is 10.1. The molecule has 0 saturated carbocycles. The fraction of sp³-hybridized carbons (Fsp3) is 0.435. The summed E-state index contributed by atoms with van der Waals surface area (Å²) in [6, 6.07) is 16.1. The Hall–Kier alpha value is -2.20. The number of hydrogen-bond donors (Lipinski definition) is 0. The summed E-state index contributed by atoms with van der Waals surface area (Å²) >= 11 is 6.28. The number of carbonyl (C=O) groups excluding carboxylic acids is 1. The minimum Gasteiger partial charge on any atom is -0.489 e. The molecule has 28 heavy (non-hydrogen) atoms. The zero-order valence-electron chi connectivity index (χ0n) is 16.1. The molecule has 1 fully saturated rings. The van der Waals surface area contributed by atoms with Crippen molar-refractivity contribution in [1.29, 1.82) is 0 Å². The second kappa shape index (κ2) is 8.87. The average Bonchev–Trinajstić information content (AvgIpc) is 3.00. The van der Waals surface area contributed by atoms with Gasteiger partial charge in [0.15, 0.2) is 0 Å². The van der Waals surface area contributed by atoms with Crippen LogP contribution in [0.5, 0.6) is 5.75 Å². The Kier molecular flexibility index (Phi) is 6.06. The minimum atomic E-state index is 0.00178. The summed E-state index contributed by atoms with van der Waals surface area (Å²) in [5.41, 5.74) is 2.18. The molecule has 0 aliphatic carbocycles. The van der Waals surface area contributed by atoms with Crippen LogP contribution in [-0.2, 0) is 11.3 Å². The minimum absolute atomic E-state index is 0.00178. The van der Waals surface area contributed by atoms with Gasteiger partial charge in [-0.25, -0.2) is 0 Å². The van der Waals surface area contributed by atoms with Crippen molar-refractivity contribution in [2.75, 3.05) is 24.6 Å². The molecule has 1 saturated heterocycles. The Labute approximate surface area is 172 Å². The second-order valence-corrected chi connectivity index (χ2v) is 8.13. The molecule has 4 nitrogen and oxygen atoms in total. The van der Waals surface area contributed by atoms with E-state index >= 15 is 0 Å². The summed E-state index contributed by atoms with van der Waals surface area (Å²) in [4.78, 5) is 17.3. The molecular formula is C23H27ClN2O2. The van der Waals surface area contributed by atoms with E-state index in [0.29, 0.717) is 18.1 Å². The number of fused-ring (bicyclic) bond motifs is 1. The molecule has 1 atom stereocenters. The quantitative estimate of drug-likeness (QED) is 0.734. The number of halogens is 1. The maximum absolute atomic E-state index is 13.0. The molecule has 0 radical (unpaired) electrons. The van der Waals surface area contributed by atoms with Crippen LogP contribution in [0.3, 0.4) is 0 Å². The van der Waals surface area contributed by atoms with E-state index in [-0.39, 0.29) is 11.9 Å². The van der Waals surface area contributed by atoms with Gasteiger partial charge >= 0.3 is 0 Å². The lowest BCUT2D eigenvalue weighted by molar-refractivity contribution is -0.131. The highest BCUT2D eigenvalue weighted by molar-refractivity contribution is 6.31. The van der Waals surface area contributed by atoms with E-state index in [1.54, 1.807) is 0 Å². The number of amides is 1. The maximum Gasteiger partial charge on any atom is 0.224 e. The van der Waals surface area contributed by atoms with Crippen LogP contribution in [0.4, 0.5) is 5.69 Å². The highest BCUT2D eigenvalue weighted by Crippen LogP contribution is 2.38. The molecule has 0 N–H and O–H groups in total. The smallest absolute Gasteiger partial charge is 0.224 e. The van der Waals surface area contributed by atoms with Crippen LogP contribution < -0.4 is 9.64 Å². The van der Waals surface area contributed by atoms with E-state index < -0.39 is 0 Å². The van der Waals surface area contributed by atoms with E-state index in [0.717, 1.165) is 43.9 Å². The molecular weight excluding hydrogens is 372 g/mol. The van der Waals surface area contributed by atoms with Crippen LogP contribution in [-0.4, -0.2) is 36.5 Å². The van der Waals surface area contributed by atoms with E-state index in [1.807, 2.05) is 41.3 Å². The molecule has 2 aliphatic heterocycles. The number of carbonyl (C=O) groups is 1. The van der Waals surface area contributed by atoms with Crippen molar-refractivity contribution in [3.8, 4) is 5.75 Å². The van der Waals surface area contributed by atoms with Gasteiger partial charge in [-0.05, 0) is 36.6 Å². The predicted octanol–water partition coefficient (Wildman–Crippen LogP) is 4.90. The second-order valence-electron chi connectivity index (χ2n) is 7.69. The third-order valence-corrected chi connectivity index (χ3v) is 5.90. The molecule has 148 valence electrons. The lowest BCUT2D eigenvalue weighted by Crippen LogP contribution is -2.46. The SMILES string of the molecule is O=C(CC1COc2ccc(Cl)cc2N1Cc1ccccc1)N1CCCCCC1. The largest absolute Gasteiger partial charge is 0.489 e. The first-order valence-corrected chi connectivity index (χ1v) is 10.6. The Balaban J connectivity index is 1.56. The van der Waals surface area contributed by atoms with E-state index in [9.17, 15) is 4.79 Å². The number of nitrogens with zero attached hydrogens (tertiary/aromatic N) is 2. The van der Waals surface area contributed by atoms with Gasteiger partial charge in [0.1, 0.15) is 12.4 Å². The van der Waals surface area contributed by atoms with Gasteiger partial charge in [0.2, 0.25) is 5.91 Å². The molecule has 2 aliphatic rings. The van der Waals surface area contributed by atoms with Crippen molar-refractivity contribution in [1.82, 2.24) is 4.90 Å². The molecule has 2 heterocycles. The van der Waals surface area contributed by atoms with Crippen molar-refractivity contribution < 1.29 is 9.53 Å². The van der Waals surface area contributed by atoms with E-state index in [2.05, 4.69) is 17.0 Å². The first-order chi connectivity index (χ1) is 13.7. The third kappa shape index (κ3) is 4.44. The highest BCUT2D eigenvalue weighted by Gasteiger charge is 2.31. The van der Waals surface area contributed by atoms with Crippen LogP contribution in [0, 0.1) is 0 Å². The van der Waals surface area contributed by atoms with E-state index in [4.69, 9.17) is 16.3 Å². The van der Waals surface area contributed by atoms with Gasteiger partial charge in [0, 0.05) is 24.7 Å². The van der Waals surface area contributed by atoms with Gasteiger partial charge in [0.25, 0.3) is 0 Å². The molecule has 2 aromatic rings. The van der Waals surface area contributed by atoms with Crippen LogP contribution in [0.25, 0.3) is 0 Å². The molecule has 0 bridgehead atoms. The fourth-order valence-electron chi connectivity index (χ4n) is 4.12. The average molecular weight is 399 g/mol. The molecule has 5 heteroatoms. The predicted molar refractivity (Wildman–Crippen MR) is 113 cm³/mol. The van der Waals surface area contributed by atoms with Gasteiger partial charge in [-0.2, -0.15) is 0 Å². The molecule has 4 rings (SSSR count). The molecule has 2 aromatic carbocycles. The van der Waals surface area contributed by atoms with Gasteiger partial charge in [-0.3, -0.25) is 4.79 Å². The molecule has 0 aromatic heterocycles. The van der Waals surface area contributed by atoms with Crippen molar-refractivity contribution >= 4 is 23.2 Å². The van der Waals surface area contributed by atoms with Crippen molar-refractivity contribution in [2.24, 2.45) is 0 Å². The summed E-state index contributed by atoms with van der Waals surface area (Å²) in [6.07, 6.45) is 5.14. The van der Waals surface area contributed by atoms with Crippen molar-refractivity contribution in [3.05, 3.63) is 59.1 Å². The zero-order valence-corrected chi connectivity index (χ0v) is 16.9. The van der Waals surface area contributed by atoms with Crippen LogP contribution in [0.2, 0.25) is 5.02 Å². The zero-order chi connectivity index (χ0) is 19.3. The maximum atomic E-state index is 13.0. The molecule has 1 unspecified atom stereocenters. The first-order valence-electron chi connectivity index (χ1n) is 10.2. The molecule has 0 spiro atoms. The van der Waals surface area contributed by atoms with Crippen LogP contribution in [0.15, 0.2) is 48.5 Å². The summed E-state index contributed by atoms with van der Waals surface area (Å²) in [6.45, 7) is 3.01. The number of benzene rings is 2. The van der Waals surface area contributed by atoms with Gasteiger partial charge in [0.05, 0.1) is 18.2 Å². The van der Waals surface area contributed by atoms with Crippen LogP contribution in [0.1, 0.15) is 37.7 Å². The fourth-order valence-corrected chi connectivity index (χ4v) is 4.29. The summed E-state index contributed by atoms with van der Waals surface area (Å²) in [7, 11) is 0. The van der Waals surface area contributed by atoms with E-state index in [1.165, 1.54) is 18.4 Å².